The van der Waals surface area contributed by atoms with Crippen LogP contribution in [0.2, 0.25) is 0 Å². The SMILES string of the molecule is CCC.Cc1ccc(C(=O)Nc2ccccc2)cc1Nc1nccc(-c2ccccc2)n1. The summed E-state index contributed by atoms with van der Waals surface area (Å²) in [5, 5.41) is 6.14. The molecule has 32 heavy (non-hydrogen) atoms. The number of amides is 1. The van der Waals surface area contributed by atoms with E-state index >= 15 is 0 Å². The molecule has 5 nitrogen and oxygen atoms in total. The van der Waals surface area contributed by atoms with Gasteiger partial charge in [-0.3, -0.25) is 4.79 Å². The second-order valence-electron chi connectivity index (χ2n) is 7.31. The molecule has 1 aromatic heterocycles. The van der Waals surface area contributed by atoms with Crippen LogP contribution in [-0.2, 0) is 0 Å². The molecule has 0 saturated carbocycles. The molecular formula is C27H28N4O. The van der Waals surface area contributed by atoms with Crippen molar-refractivity contribution in [3.8, 4) is 11.3 Å². The smallest absolute Gasteiger partial charge is 0.255 e. The lowest BCUT2D eigenvalue weighted by atomic mass is 10.1. The van der Waals surface area contributed by atoms with Gasteiger partial charge in [-0.15, -0.1) is 0 Å². The fourth-order valence-corrected chi connectivity index (χ4v) is 2.93. The van der Waals surface area contributed by atoms with E-state index in [0.717, 1.165) is 28.2 Å². The molecular weight excluding hydrogens is 396 g/mol. The van der Waals surface area contributed by atoms with Crippen molar-refractivity contribution in [3.05, 3.63) is 102 Å². The topological polar surface area (TPSA) is 66.9 Å². The maximum absolute atomic E-state index is 12.6. The van der Waals surface area contributed by atoms with E-state index in [1.807, 2.05) is 85.8 Å². The maximum atomic E-state index is 12.6. The Morgan fingerprint density at radius 3 is 2.22 bits per heavy atom. The van der Waals surface area contributed by atoms with Crippen LogP contribution in [0, 0.1) is 6.92 Å². The van der Waals surface area contributed by atoms with Crippen LogP contribution in [0.5, 0.6) is 0 Å². The van der Waals surface area contributed by atoms with Gasteiger partial charge in [-0.1, -0.05) is 74.9 Å². The summed E-state index contributed by atoms with van der Waals surface area (Å²) in [4.78, 5) is 21.5. The predicted octanol–water partition coefficient (Wildman–Crippen LogP) is 6.86. The number of benzene rings is 3. The first-order valence-electron chi connectivity index (χ1n) is 10.7. The Morgan fingerprint density at radius 2 is 1.53 bits per heavy atom. The first-order chi connectivity index (χ1) is 15.6. The number of hydrogen-bond donors (Lipinski definition) is 2. The molecule has 0 radical (unpaired) electrons. The zero-order valence-electron chi connectivity index (χ0n) is 18.7. The number of rotatable bonds is 5. The molecule has 2 N–H and O–H groups in total. The molecule has 0 aliphatic carbocycles. The second kappa shape index (κ2) is 11.4. The Hall–Kier alpha value is -3.99. The van der Waals surface area contributed by atoms with Gasteiger partial charge in [-0.2, -0.15) is 0 Å². The van der Waals surface area contributed by atoms with Crippen LogP contribution in [0.25, 0.3) is 11.3 Å². The maximum Gasteiger partial charge on any atom is 0.255 e. The van der Waals surface area contributed by atoms with Crippen LogP contribution in [0.15, 0.2) is 91.1 Å². The lowest BCUT2D eigenvalue weighted by Crippen LogP contribution is -2.12. The second-order valence-corrected chi connectivity index (χ2v) is 7.31. The van der Waals surface area contributed by atoms with Crippen LogP contribution in [0.1, 0.15) is 36.2 Å². The largest absolute Gasteiger partial charge is 0.324 e. The molecule has 0 aliphatic heterocycles. The van der Waals surface area contributed by atoms with Gasteiger partial charge >= 0.3 is 0 Å². The summed E-state index contributed by atoms with van der Waals surface area (Å²) in [7, 11) is 0. The van der Waals surface area contributed by atoms with Crippen LogP contribution in [-0.4, -0.2) is 15.9 Å². The van der Waals surface area contributed by atoms with E-state index in [0.29, 0.717) is 11.5 Å². The highest BCUT2D eigenvalue weighted by atomic mass is 16.1. The average molecular weight is 425 g/mol. The van der Waals surface area contributed by atoms with Crippen LogP contribution >= 0.6 is 0 Å². The van der Waals surface area contributed by atoms with Gasteiger partial charge in [-0.25, -0.2) is 9.97 Å². The van der Waals surface area contributed by atoms with Crippen LogP contribution in [0.3, 0.4) is 0 Å². The number of carbonyl (C=O) groups excluding carboxylic acids is 1. The molecule has 1 amide bonds. The Labute approximate surface area is 189 Å². The van der Waals surface area contributed by atoms with E-state index in [-0.39, 0.29) is 5.91 Å². The highest BCUT2D eigenvalue weighted by Crippen LogP contribution is 2.23. The Kier molecular flexibility index (Phi) is 8.09. The van der Waals surface area contributed by atoms with Gasteiger partial charge in [0.2, 0.25) is 5.95 Å². The average Bonchev–Trinajstić information content (AvgIpc) is 2.82. The molecule has 1 heterocycles. The standard InChI is InChI=1S/C24H20N4O.C3H8/c1-17-12-13-19(23(29)26-20-10-6-3-7-11-20)16-22(17)28-24-25-15-14-21(27-24)18-8-4-2-5-9-18;1-3-2/h2-16H,1H3,(H,26,29)(H,25,27,28);3H2,1-2H3. The number of carbonyl (C=O) groups is 1. The van der Waals surface area contributed by atoms with Crippen LogP contribution < -0.4 is 10.6 Å². The van der Waals surface area contributed by atoms with Crippen molar-refractivity contribution < 1.29 is 4.79 Å². The van der Waals surface area contributed by atoms with Crippen LogP contribution in [0.4, 0.5) is 17.3 Å². The van der Waals surface area contributed by atoms with Crippen molar-refractivity contribution in [2.24, 2.45) is 0 Å². The van der Waals surface area contributed by atoms with Gasteiger partial charge in [0.15, 0.2) is 0 Å². The summed E-state index contributed by atoms with van der Waals surface area (Å²) < 4.78 is 0. The minimum absolute atomic E-state index is 0.168. The van der Waals surface area contributed by atoms with Crippen molar-refractivity contribution >= 4 is 23.2 Å². The zero-order chi connectivity index (χ0) is 22.8. The van der Waals surface area contributed by atoms with Gasteiger partial charge in [0.1, 0.15) is 0 Å². The number of nitrogens with one attached hydrogen (secondary N) is 2. The van der Waals surface area contributed by atoms with E-state index in [1.165, 1.54) is 6.42 Å². The number of hydrogen-bond acceptors (Lipinski definition) is 4. The quantitative estimate of drug-likeness (QED) is 0.367. The van der Waals surface area contributed by atoms with E-state index in [9.17, 15) is 4.79 Å². The molecule has 0 unspecified atom stereocenters. The summed E-state index contributed by atoms with van der Waals surface area (Å²) in [5.41, 5.74) is 4.95. The van der Waals surface area contributed by atoms with Crippen molar-refractivity contribution in [2.75, 3.05) is 10.6 Å². The van der Waals surface area contributed by atoms with E-state index in [4.69, 9.17) is 0 Å². The Balaban J connectivity index is 0.000000913. The summed E-state index contributed by atoms with van der Waals surface area (Å²) in [6, 6.07) is 26.7. The Bertz CT molecular complexity index is 1140. The minimum atomic E-state index is -0.168. The third kappa shape index (κ3) is 6.25. The van der Waals surface area contributed by atoms with Gasteiger partial charge in [0.05, 0.1) is 5.69 Å². The third-order valence-electron chi connectivity index (χ3n) is 4.50. The lowest BCUT2D eigenvalue weighted by Gasteiger charge is -2.12. The molecule has 0 bridgehead atoms. The monoisotopic (exact) mass is 424 g/mol. The lowest BCUT2D eigenvalue weighted by molar-refractivity contribution is 0.102. The molecule has 0 saturated heterocycles. The zero-order valence-corrected chi connectivity index (χ0v) is 18.7. The number of aromatic nitrogens is 2. The van der Waals surface area contributed by atoms with E-state index in [2.05, 4.69) is 34.4 Å². The molecule has 4 rings (SSSR count). The van der Waals surface area contributed by atoms with Crippen molar-refractivity contribution in [1.82, 2.24) is 9.97 Å². The van der Waals surface area contributed by atoms with Crippen molar-refractivity contribution in [3.63, 3.8) is 0 Å². The number of anilines is 3. The summed E-state index contributed by atoms with van der Waals surface area (Å²) in [5.74, 6) is 0.313. The summed E-state index contributed by atoms with van der Waals surface area (Å²) in [6.07, 6.45) is 2.97. The first-order valence-corrected chi connectivity index (χ1v) is 10.7. The highest BCUT2D eigenvalue weighted by Gasteiger charge is 2.10. The molecule has 5 heteroatoms. The molecule has 0 atom stereocenters. The third-order valence-corrected chi connectivity index (χ3v) is 4.50. The number of nitrogens with zero attached hydrogens (tertiary/aromatic N) is 2. The molecule has 4 aromatic rings. The highest BCUT2D eigenvalue weighted by molar-refractivity contribution is 6.05. The van der Waals surface area contributed by atoms with Gasteiger partial charge < -0.3 is 10.6 Å². The Morgan fingerprint density at radius 1 is 0.875 bits per heavy atom. The van der Waals surface area contributed by atoms with E-state index < -0.39 is 0 Å². The molecule has 162 valence electrons. The van der Waals surface area contributed by atoms with Crippen molar-refractivity contribution in [1.29, 1.82) is 0 Å². The molecule has 3 aromatic carbocycles. The molecule has 0 aliphatic rings. The number of para-hydroxylation sites is 1. The minimum Gasteiger partial charge on any atom is -0.324 e. The fourth-order valence-electron chi connectivity index (χ4n) is 2.93. The predicted molar refractivity (Wildman–Crippen MR) is 132 cm³/mol. The first kappa shape index (κ1) is 22.7. The summed E-state index contributed by atoms with van der Waals surface area (Å²) >= 11 is 0. The van der Waals surface area contributed by atoms with Gasteiger partial charge in [-0.05, 0) is 42.8 Å². The normalized spacial score (nSPS) is 9.97. The molecule has 0 spiro atoms. The fraction of sp³-hybridized carbons (Fsp3) is 0.148. The van der Waals surface area contributed by atoms with E-state index in [1.54, 1.807) is 12.3 Å². The molecule has 0 fully saturated rings. The van der Waals surface area contributed by atoms with Gasteiger partial charge in [0, 0.05) is 28.7 Å². The van der Waals surface area contributed by atoms with Crippen molar-refractivity contribution in [2.45, 2.75) is 27.2 Å². The van der Waals surface area contributed by atoms with Gasteiger partial charge in [0.25, 0.3) is 5.91 Å². The number of aryl methyl sites for hydroxylation is 1. The summed E-state index contributed by atoms with van der Waals surface area (Å²) in [6.45, 7) is 6.22.